The Balaban J connectivity index is 0.00000288. The van der Waals surface area contributed by atoms with Gasteiger partial charge < -0.3 is 15.8 Å². The highest BCUT2D eigenvalue weighted by atomic mass is 35.5. The standard InChI is InChI=1S/C19H24N2O2.ClH/c1-14(15(2)20)19(22)21-12-17-10-6-7-11-18(17)23-13-16-8-4-3-5-9-16;/h3-11,14-15H,12-13,20H2,1-2H3,(H,21,22);1H. The molecule has 0 heterocycles. The summed E-state index contributed by atoms with van der Waals surface area (Å²) in [5.74, 6) is 0.523. The Labute approximate surface area is 149 Å². The summed E-state index contributed by atoms with van der Waals surface area (Å²) in [7, 11) is 0. The van der Waals surface area contributed by atoms with Gasteiger partial charge in [-0.05, 0) is 18.6 Å². The van der Waals surface area contributed by atoms with Crippen LogP contribution in [0.2, 0.25) is 0 Å². The normalized spacial score (nSPS) is 12.6. The van der Waals surface area contributed by atoms with E-state index in [0.29, 0.717) is 13.2 Å². The predicted octanol–water partition coefficient (Wildman–Crippen LogP) is 3.29. The number of ether oxygens (including phenoxy) is 1. The molecule has 4 nitrogen and oxygen atoms in total. The van der Waals surface area contributed by atoms with Crippen molar-refractivity contribution in [1.82, 2.24) is 5.32 Å². The van der Waals surface area contributed by atoms with Gasteiger partial charge in [0.15, 0.2) is 0 Å². The highest BCUT2D eigenvalue weighted by Gasteiger charge is 2.17. The Kier molecular flexibility index (Phi) is 8.30. The maximum atomic E-state index is 12.0. The summed E-state index contributed by atoms with van der Waals surface area (Å²) in [6, 6.07) is 17.6. The second-order valence-electron chi connectivity index (χ2n) is 5.75. The first kappa shape index (κ1) is 20.0. The van der Waals surface area contributed by atoms with Crippen LogP contribution in [-0.2, 0) is 17.9 Å². The van der Waals surface area contributed by atoms with Crippen molar-refractivity contribution < 1.29 is 9.53 Å². The molecular weight excluding hydrogens is 324 g/mol. The average molecular weight is 349 g/mol. The first-order valence-electron chi connectivity index (χ1n) is 7.86. The van der Waals surface area contributed by atoms with Crippen molar-refractivity contribution in [3.05, 3.63) is 65.7 Å². The average Bonchev–Trinajstić information content (AvgIpc) is 2.58. The Morgan fingerprint density at radius 2 is 1.71 bits per heavy atom. The summed E-state index contributed by atoms with van der Waals surface area (Å²) in [6.45, 7) is 4.60. The molecule has 0 bridgehead atoms. The van der Waals surface area contributed by atoms with Gasteiger partial charge in [0.1, 0.15) is 12.4 Å². The number of halogens is 1. The minimum atomic E-state index is -0.215. The van der Waals surface area contributed by atoms with Gasteiger partial charge in [-0.15, -0.1) is 12.4 Å². The number of carbonyl (C=O) groups is 1. The molecule has 0 saturated carbocycles. The van der Waals surface area contributed by atoms with Gasteiger partial charge in [-0.3, -0.25) is 4.79 Å². The van der Waals surface area contributed by atoms with Gasteiger partial charge in [-0.2, -0.15) is 0 Å². The molecule has 2 atom stereocenters. The van der Waals surface area contributed by atoms with E-state index in [4.69, 9.17) is 10.5 Å². The van der Waals surface area contributed by atoms with E-state index in [9.17, 15) is 4.79 Å². The van der Waals surface area contributed by atoms with Gasteiger partial charge in [-0.1, -0.05) is 55.5 Å². The van der Waals surface area contributed by atoms with Crippen LogP contribution in [0.5, 0.6) is 5.75 Å². The molecule has 2 rings (SSSR count). The van der Waals surface area contributed by atoms with Gasteiger partial charge in [0.2, 0.25) is 5.91 Å². The molecule has 0 spiro atoms. The van der Waals surface area contributed by atoms with Crippen LogP contribution in [-0.4, -0.2) is 11.9 Å². The van der Waals surface area contributed by atoms with Crippen LogP contribution in [0.1, 0.15) is 25.0 Å². The molecule has 1 amide bonds. The number of nitrogens with one attached hydrogen (secondary N) is 1. The van der Waals surface area contributed by atoms with Crippen molar-refractivity contribution in [2.75, 3.05) is 0 Å². The van der Waals surface area contributed by atoms with E-state index in [0.717, 1.165) is 16.9 Å². The third kappa shape index (κ3) is 5.87. The molecular formula is C19H25ClN2O2. The fourth-order valence-electron chi connectivity index (χ4n) is 2.11. The fraction of sp³-hybridized carbons (Fsp3) is 0.316. The number of rotatable bonds is 7. The van der Waals surface area contributed by atoms with Crippen LogP contribution in [0.15, 0.2) is 54.6 Å². The summed E-state index contributed by atoms with van der Waals surface area (Å²) in [4.78, 5) is 12.0. The molecule has 0 aromatic heterocycles. The molecule has 5 heteroatoms. The van der Waals surface area contributed by atoms with Gasteiger partial charge in [0.05, 0.1) is 0 Å². The Bertz CT molecular complexity index is 632. The molecule has 2 unspecified atom stereocenters. The molecule has 0 aliphatic rings. The topological polar surface area (TPSA) is 64.4 Å². The van der Waals surface area contributed by atoms with Crippen LogP contribution in [0.25, 0.3) is 0 Å². The number of hydrogen-bond donors (Lipinski definition) is 2. The minimum absolute atomic E-state index is 0. The van der Waals surface area contributed by atoms with Gasteiger partial charge in [0.25, 0.3) is 0 Å². The van der Waals surface area contributed by atoms with Crippen molar-refractivity contribution in [3.63, 3.8) is 0 Å². The number of amides is 1. The third-order valence-electron chi connectivity index (χ3n) is 3.87. The van der Waals surface area contributed by atoms with E-state index < -0.39 is 0 Å². The number of carbonyl (C=O) groups excluding carboxylic acids is 1. The van der Waals surface area contributed by atoms with E-state index in [1.54, 1.807) is 0 Å². The molecule has 24 heavy (non-hydrogen) atoms. The lowest BCUT2D eigenvalue weighted by Crippen LogP contribution is -2.38. The molecule has 0 saturated heterocycles. The molecule has 0 fully saturated rings. The monoisotopic (exact) mass is 348 g/mol. The lowest BCUT2D eigenvalue weighted by atomic mass is 10.0. The van der Waals surface area contributed by atoms with Crippen LogP contribution < -0.4 is 15.8 Å². The maximum absolute atomic E-state index is 12.0. The quantitative estimate of drug-likeness (QED) is 0.807. The number of nitrogens with two attached hydrogens (primary N) is 1. The van der Waals surface area contributed by atoms with Crippen LogP contribution >= 0.6 is 12.4 Å². The van der Waals surface area contributed by atoms with Gasteiger partial charge in [-0.25, -0.2) is 0 Å². The van der Waals surface area contributed by atoms with E-state index in [2.05, 4.69) is 5.32 Å². The zero-order chi connectivity index (χ0) is 16.7. The summed E-state index contributed by atoms with van der Waals surface area (Å²) < 4.78 is 5.89. The Hall–Kier alpha value is -2.04. The van der Waals surface area contributed by atoms with Crippen LogP contribution in [0.4, 0.5) is 0 Å². The van der Waals surface area contributed by atoms with Crippen molar-refractivity contribution in [2.24, 2.45) is 11.7 Å². The second-order valence-corrected chi connectivity index (χ2v) is 5.75. The van der Waals surface area contributed by atoms with E-state index in [-0.39, 0.29) is 30.3 Å². The SMILES string of the molecule is CC(N)C(C)C(=O)NCc1ccccc1OCc1ccccc1.Cl. The smallest absolute Gasteiger partial charge is 0.224 e. The summed E-state index contributed by atoms with van der Waals surface area (Å²) in [5.41, 5.74) is 7.82. The zero-order valence-corrected chi connectivity index (χ0v) is 14.9. The lowest BCUT2D eigenvalue weighted by molar-refractivity contribution is -0.125. The van der Waals surface area contributed by atoms with E-state index >= 15 is 0 Å². The molecule has 2 aromatic rings. The van der Waals surface area contributed by atoms with Crippen LogP contribution in [0.3, 0.4) is 0 Å². The molecule has 130 valence electrons. The summed E-state index contributed by atoms with van der Waals surface area (Å²) >= 11 is 0. The van der Waals surface area contributed by atoms with Crippen LogP contribution in [0, 0.1) is 5.92 Å². The molecule has 2 aromatic carbocycles. The zero-order valence-electron chi connectivity index (χ0n) is 14.1. The molecule has 0 aliphatic carbocycles. The second kappa shape index (κ2) is 9.96. The first-order chi connectivity index (χ1) is 11.1. The summed E-state index contributed by atoms with van der Waals surface area (Å²) in [5, 5.41) is 2.92. The molecule has 0 radical (unpaired) electrons. The Morgan fingerprint density at radius 1 is 1.08 bits per heavy atom. The van der Waals surface area contributed by atoms with E-state index in [1.807, 2.05) is 68.4 Å². The highest BCUT2D eigenvalue weighted by molar-refractivity contribution is 5.85. The molecule has 3 N–H and O–H groups in total. The van der Waals surface area contributed by atoms with Crippen molar-refractivity contribution in [2.45, 2.75) is 33.0 Å². The highest BCUT2D eigenvalue weighted by Crippen LogP contribution is 2.19. The maximum Gasteiger partial charge on any atom is 0.224 e. The Morgan fingerprint density at radius 3 is 2.38 bits per heavy atom. The van der Waals surface area contributed by atoms with Gasteiger partial charge >= 0.3 is 0 Å². The first-order valence-corrected chi connectivity index (χ1v) is 7.86. The minimum Gasteiger partial charge on any atom is -0.489 e. The van der Waals surface area contributed by atoms with Crippen molar-refractivity contribution >= 4 is 18.3 Å². The number of benzene rings is 2. The number of hydrogen-bond acceptors (Lipinski definition) is 3. The van der Waals surface area contributed by atoms with Crippen molar-refractivity contribution in [1.29, 1.82) is 0 Å². The van der Waals surface area contributed by atoms with Gasteiger partial charge in [0, 0.05) is 24.1 Å². The predicted molar refractivity (Wildman–Crippen MR) is 99.1 cm³/mol. The van der Waals surface area contributed by atoms with E-state index in [1.165, 1.54) is 0 Å². The lowest BCUT2D eigenvalue weighted by Gasteiger charge is -2.16. The summed E-state index contributed by atoms with van der Waals surface area (Å²) in [6.07, 6.45) is 0. The molecule has 0 aliphatic heterocycles. The van der Waals surface area contributed by atoms with Crippen molar-refractivity contribution in [3.8, 4) is 5.75 Å². The largest absolute Gasteiger partial charge is 0.489 e. The fourth-order valence-corrected chi connectivity index (χ4v) is 2.11. The number of para-hydroxylation sites is 1. The third-order valence-corrected chi connectivity index (χ3v) is 3.87.